The molecule has 1 aliphatic rings. The minimum absolute atomic E-state index is 0.124. The summed E-state index contributed by atoms with van der Waals surface area (Å²) in [4.78, 5) is 13.5. The lowest BCUT2D eigenvalue weighted by atomic mass is 9.93. The number of carbonyl (C=O) groups excluding carboxylic acids is 1. The molecule has 1 aliphatic heterocycles. The Labute approximate surface area is 89.6 Å². The minimum Gasteiger partial charge on any atom is -0.342 e. The Balaban J connectivity index is 2.48. The maximum atomic E-state index is 12.1. The zero-order chi connectivity index (χ0) is 11.6. The molecule has 1 heterocycles. The molecule has 0 radical (unpaired) electrons. The number of alkyl halides is 2. The molecule has 1 rings (SSSR count). The summed E-state index contributed by atoms with van der Waals surface area (Å²) < 4.78 is 24.2. The van der Waals surface area contributed by atoms with Gasteiger partial charge in [0.2, 0.25) is 12.3 Å². The Kier molecular flexibility index (Phi) is 3.68. The Morgan fingerprint density at radius 3 is 2.47 bits per heavy atom. The number of likely N-dealkylation sites (tertiary alicyclic amines) is 1. The van der Waals surface area contributed by atoms with Gasteiger partial charge in [-0.3, -0.25) is 4.79 Å². The molecular weight excluding hydrogens is 200 g/mol. The molecule has 0 bridgehead atoms. The van der Waals surface area contributed by atoms with Crippen LogP contribution in [0.5, 0.6) is 0 Å². The fourth-order valence-corrected chi connectivity index (χ4v) is 1.98. The first-order valence-electron chi connectivity index (χ1n) is 5.39. The molecule has 0 aromatic rings. The lowest BCUT2D eigenvalue weighted by Crippen LogP contribution is -2.35. The maximum Gasteiger partial charge on any atom is 0.239 e. The summed E-state index contributed by atoms with van der Waals surface area (Å²) in [6.45, 7) is 7.18. The third-order valence-corrected chi connectivity index (χ3v) is 2.94. The number of halogens is 2. The van der Waals surface area contributed by atoms with Crippen LogP contribution in [-0.2, 0) is 4.79 Å². The Hall–Kier alpha value is -0.670. The molecule has 0 unspecified atom stereocenters. The number of nitrogens with zero attached hydrogens (tertiary/aromatic N) is 1. The van der Waals surface area contributed by atoms with Gasteiger partial charge in [-0.2, -0.15) is 0 Å². The molecule has 4 heteroatoms. The molecule has 0 spiro atoms. The molecule has 15 heavy (non-hydrogen) atoms. The number of hydrogen-bond acceptors (Lipinski definition) is 1. The van der Waals surface area contributed by atoms with Crippen LogP contribution in [0.25, 0.3) is 0 Å². The Morgan fingerprint density at radius 2 is 2.07 bits per heavy atom. The molecule has 1 amide bonds. The molecule has 1 atom stereocenters. The molecule has 2 nitrogen and oxygen atoms in total. The van der Waals surface area contributed by atoms with Crippen LogP contribution in [0.3, 0.4) is 0 Å². The van der Waals surface area contributed by atoms with Crippen molar-refractivity contribution in [2.45, 2.75) is 40.0 Å². The Morgan fingerprint density at radius 1 is 1.47 bits per heavy atom. The molecule has 1 fully saturated rings. The molecule has 88 valence electrons. The van der Waals surface area contributed by atoms with Crippen molar-refractivity contribution >= 4 is 5.91 Å². The average molecular weight is 219 g/mol. The zero-order valence-electron chi connectivity index (χ0n) is 9.59. The highest BCUT2D eigenvalue weighted by Crippen LogP contribution is 2.30. The lowest BCUT2D eigenvalue weighted by Gasteiger charge is -2.22. The first-order chi connectivity index (χ1) is 6.82. The number of rotatable bonds is 3. The monoisotopic (exact) mass is 219 g/mol. The first kappa shape index (κ1) is 12.4. The summed E-state index contributed by atoms with van der Waals surface area (Å²) in [6.07, 6.45) is -1.75. The molecule has 1 saturated heterocycles. The van der Waals surface area contributed by atoms with Gasteiger partial charge in [-0.05, 0) is 11.8 Å². The summed E-state index contributed by atoms with van der Waals surface area (Å²) in [6, 6.07) is 0. The second-order valence-electron chi connectivity index (χ2n) is 5.20. The second-order valence-corrected chi connectivity index (χ2v) is 5.20. The molecule has 0 N–H and O–H groups in total. The standard InChI is InChI=1S/C11H19F2NO/c1-8(6-9(12)13)10(15)14-5-4-11(2,3)7-14/h8-9H,4-7H2,1-3H3/t8-/m1/s1. The third-order valence-electron chi connectivity index (χ3n) is 2.94. The van der Waals surface area contributed by atoms with Crippen LogP contribution in [0.4, 0.5) is 8.78 Å². The van der Waals surface area contributed by atoms with Crippen LogP contribution in [0.2, 0.25) is 0 Å². The van der Waals surface area contributed by atoms with E-state index in [2.05, 4.69) is 13.8 Å². The molecule has 0 aromatic carbocycles. The van der Waals surface area contributed by atoms with Gasteiger partial charge in [-0.1, -0.05) is 20.8 Å². The van der Waals surface area contributed by atoms with Crippen LogP contribution in [0.15, 0.2) is 0 Å². The van der Waals surface area contributed by atoms with Crippen LogP contribution < -0.4 is 0 Å². The molecule has 0 aliphatic carbocycles. The highest BCUT2D eigenvalue weighted by atomic mass is 19.3. The molecule has 0 aromatic heterocycles. The van der Waals surface area contributed by atoms with E-state index in [1.165, 1.54) is 0 Å². The van der Waals surface area contributed by atoms with Gasteiger partial charge in [0.1, 0.15) is 0 Å². The summed E-state index contributed by atoms with van der Waals surface area (Å²) in [5.41, 5.74) is 0.139. The minimum atomic E-state index is -2.39. The van der Waals surface area contributed by atoms with Crippen molar-refractivity contribution in [2.75, 3.05) is 13.1 Å². The van der Waals surface area contributed by atoms with Crippen LogP contribution >= 0.6 is 0 Å². The summed E-state index contributed by atoms with van der Waals surface area (Å²) in [5.74, 6) is -0.681. The van der Waals surface area contributed by atoms with Crippen molar-refractivity contribution in [3.8, 4) is 0 Å². The van der Waals surface area contributed by atoms with Gasteiger partial charge in [0.25, 0.3) is 0 Å². The predicted octanol–water partition coefficient (Wildman–Crippen LogP) is 2.54. The Bertz CT molecular complexity index is 241. The van der Waals surface area contributed by atoms with Gasteiger partial charge in [0.15, 0.2) is 0 Å². The van der Waals surface area contributed by atoms with Crippen molar-refractivity contribution in [2.24, 2.45) is 11.3 Å². The van der Waals surface area contributed by atoms with Crippen LogP contribution in [0, 0.1) is 11.3 Å². The summed E-state index contributed by atoms with van der Waals surface area (Å²) in [5, 5.41) is 0. The topological polar surface area (TPSA) is 20.3 Å². The van der Waals surface area contributed by atoms with Crippen LogP contribution in [-0.4, -0.2) is 30.3 Å². The number of amides is 1. The van der Waals surface area contributed by atoms with Crippen molar-refractivity contribution in [1.82, 2.24) is 4.90 Å². The van der Waals surface area contributed by atoms with E-state index in [1.807, 2.05) is 0 Å². The van der Waals surface area contributed by atoms with E-state index in [0.29, 0.717) is 13.1 Å². The summed E-state index contributed by atoms with van der Waals surface area (Å²) in [7, 11) is 0. The van der Waals surface area contributed by atoms with E-state index in [9.17, 15) is 13.6 Å². The van der Waals surface area contributed by atoms with Gasteiger partial charge in [0, 0.05) is 25.4 Å². The lowest BCUT2D eigenvalue weighted by molar-refractivity contribution is -0.135. The van der Waals surface area contributed by atoms with Crippen molar-refractivity contribution in [1.29, 1.82) is 0 Å². The van der Waals surface area contributed by atoms with E-state index < -0.39 is 12.3 Å². The quantitative estimate of drug-likeness (QED) is 0.714. The normalized spacial score (nSPS) is 22.1. The van der Waals surface area contributed by atoms with Gasteiger partial charge in [-0.25, -0.2) is 8.78 Å². The smallest absolute Gasteiger partial charge is 0.239 e. The summed E-state index contributed by atoms with van der Waals surface area (Å²) >= 11 is 0. The van der Waals surface area contributed by atoms with Gasteiger partial charge < -0.3 is 4.90 Å². The molecular formula is C11H19F2NO. The largest absolute Gasteiger partial charge is 0.342 e. The van der Waals surface area contributed by atoms with Crippen molar-refractivity contribution in [3.05, 3.63) is 0 Å². The zero-order valence-corrected chi connectivity index (χ0v) is 9.59. The fourth-order valence-electron chi connectivity index (χ4n) is 1.98. The van der Waals surface area contributed by atoms with E-state index in [0.717, 1.165) is 6.42 Å². The van der Waals surface area contributed by atoms with Crippen molar-refractivity contribution < 1.29 is 13.6 Å². The maximum absolute atomic E-state index is 12.1. The van der Waals surface area contributed by atoms with Gasteiger partial charge in [-0.15, -0.1) is 0 Å². The fraction of sp³-hybridized carbons (Fsp3) is 0.909. The highest BCUT2D eigenvalue weighted by Gasteiger charge is 2.34. The van der Waals surface area contributed by atoms with E-state index in [4.69, 9.17) is 0 Å². The van der Waals surface area contributed by atoms with Gasteiger partial charge >= 0.3 is 0 Å². The molecule has 0 saturated carbocycles. The van der Waals surface area contributed by atoms with E-state index in [-0.39, 0.29) is 17.7 Å². The number of carbonyl (C=O) groups is 1. The predicted molar refractivity (Wildman–Crippen MR) is 54.8 cm³/mol. The second kappa shape index (κ2) is 4.45. The first-order valence-corrected chi connectivity index (χ1v) is 5.39. The van der Waals surface area contributed by atoms with Crippen LogP contribution in [0.1, 0.15) is 33.6 Å². The third kappa shape index (κ3) is 3.43. The van der Waals surface area contributed by atoms with Crippen molar-refractivity contribution in [3.63, 3.8) is 0 Å². The average Bonchev–Trinajstić information content (AvgIpc) is 2.43. The number of hydrogen-bond donors (Lipinski definition) is 0. The SMILES string of the molecule is C[C@H](CC(F)F)C(=O)N1CCC(C)(C)C1. The van der Waals surface area contributed by atoms with Gasteiger partial charge in [0.05, 0.1) is 0 Å². The van der Waals surface area contributed by atoms with E-state index in [1.54, 1.807) is 11.8 Å². The van der Waals surface area contributed by atoms with E-state index >= 15 is 0 Å². The highest BCUT2D eigenvalue weighted by molar-refractivity contribution is 5.78.